The molecule has 0 atom stereocenters. The highest BCUT2D eigenvalue weighted by atomic mass is 19.1. The van der Waals surface area contributed by atoms with Gasteiger partial charge in [0.2, 0.25) is 0 Å². The number of amides is 1. The Bertz CT molecular complexity index is 395. The maximum Gasteiger partial charge on any atom is 0.280 e. The minimum atomic E-state index is -1.07. The quantitative estimate of drug-likeness (QED) is 0.759. The molecule has 0 heterocycles. The van der Waals surface area contributed by atoms with Gasteiger partial charge in [0.15, 0.2) is 11.6 Å². The molecule has 15 heavy (non-hydrogen) atoms. The van der Waals surface area contributed by atoms with Gasteiger partial charge in [-0.05, 0) is 6.07 Å². The number of carbonyl (C=O) groups is 1. The summed E-state index contributed by atoms with van der Waals surface area (Å²) in [5.41, 5.74) is -0.505. The van der Waals surface area contributed by atoms with Crippen LogP contribution in [0.2, 0.25) is 0 Å². The number of hydroxylamine groups is 2. The Balaban J connectivity index is 3.15. The summed E-state index contributed by atoms with van der Waals surface area (Å²) in [6.07, 6.45) is 0. The van der Waals surface area contributed by atoms with E-state index in [2.05, 4.69) is 4.84 Å². The molecule has 0 saturated carbocycles. The predicted octanol–water partition coefficient (Wildman–Crippen LogP) is 1.30. The van der Waals surface area contributed by atoms with Gasteiger partial charge in [-0.1, -0.05) is 0 Å². The Morgan fingerprint density at radius 3 is 2.53 bits per heavy atom. The average molecular weight is 217 g/mol. The lowest BCUT2D eigenvalue weighted by Crippen LogP contribution is -2.26. The molecule has 1 N–H and O–H groups in total. The highest BCUT2D eigenvalue weighted by Gasteiger charge is 2.19. The van der Waals surface area contributed by atoms with E-state index in [-0.39, 0.29) is 0 Å². The molecule has 0 aliphatic carbocycles. The molecule has 0 aliphatic heterocycles. The molecule has 0 spiro atoms. The smallest absolute Gasteiger partial charge is 0.280 e. The van der Waals surface area contributed by atoms with Gasteiger partial charge in [0.25, 0.3) is 5.91 Å². The van der Waals surface area contributed by atoms with Crippen LogP contribution in [-0.4, -0.2) is 30.2 Å². The van der Waals surface area contributed by atoms with E-state index in [4.69, 9.17) is 5.11 Å². The number of carbonyl (C=O) groups excluding carboxylic acids is 1. The van der Waals surface area contributed by atoms with Gasteiger partial charge in [-0.25, -0.2) is 13.8 Å². The van der Waals surface area contributed by atoms with E-state index in [1.54, 1.807) is 0 Å². The van der Waals surface area contributed by atoms with E-state index < -0.39 is 28.9 Å². The van der Waals surface area contributed by atoms with Gasteiger partial charge in [-0.15, -0.1) is 0 Å². The summed E-state index contributed by atoms with van der Waals surface area (Å²) in [6.45, 7) is 0. The second kappa shape index (κ2) is 4.22. The van der Waals surface area contributed by atoms with Gasteiger partial charge in [0, 0.05) is 13.1 Å². The number of halogens is 2. The molecule has 0 saturated heterocycles. The fourth-order valence-corrected chi connectivity index (χ4v) is 0.953. The molecule has 0 aliphatic rings. The standard InChI is InChI=1S/C9H9F2NO3/c1-12(15-2)9(14)5-3-7(11)8(13)4-6(5)10/h3-4,13H,1-2H3. The minimum Gasteiger partial charge on any atom is -0.505 e. The first kappa shape index (κ1) is 11.4. The van der Waals surface area contributed by atoms with Crippen LogP contribution in [0.5, 0.6) is 5.75 Å². The number of hydrogen-bond acceptors (Lipinski definition) is 3. The van der Waals surface area contributed by atoms with Gasteiger partial charge in [0.1, 0.15) is 5.82 Å². The van der Waals surface area contributed by atoms with Gasteiger partial charge in [-0.2, -0.15) is 0 Å². The fraction of sp³-hybridized carbons (Fsp3) is 0.222. The van der Waals surface area contributed by atoms with Crippen molar-refractivity contribution in [3.05, 3.63) is 29.3 Å². The maximum atomic E-state index is 13.1. The topological polar surface area (TPSA) is 49.8 Å². The molecule has 0 radical (unpaired) electrons. The normalized spacial score (nSPS) is 10.1. The van der Waals surface area contributed by atoms with E-state index in [1.165, 1.54) is 14.2 Å². The lowest BCUT2D eigenvalue weighted by molar-refractivity contribution is -0.0759. The fourth-order valence-electron chi connectivity index (χ4n) is 0.953. The third kappa shape index (κ3) is 2.21. The number of phenols is 1. The zero-order valence-electron chi connectivity index (χ0n) is 8.12. The Morgan fingerprint density at radius 1 is 1.40 bits per heavy atom. The number of nitrogens with zero attached hydrogens (tertiary/aromatic N) is 1. The summed E-state index contributed by atoms with van der Waals surface area (Å²) in [5, 5.41) is 9.58. The SMILES string of the molecule is CON(C)C(=O)c1cc(F)c(O)cc1F. The van der Waals surface area contributed by atoms with Gasteiger partial charge < -0.3 is 5.11 Å². The van der Waals surface area contributed by atoms with Crippen LogP contribution in [-0.2, 0) is 4.84 Å². The zero-order chi connectivity index (χ0) is 11.6. The van der Waals surface area contributed by atoms with Gasteiger partial charge in [-0.3, -0.25) is 9.63 Å². The van der Waals surface area contributed by atoms with E-state index in [0.29, 0.717) is 12.1 Å². The largest absolute Gasteiger partial charge is 0.505 e. The van der Waals surface area contributed by atoms with Crippen LogP contribution in [0.1, 0.15) is 10.4 Å². The third-order valence-electron chi connectivity index (χ3n) is 1.83. The average Bonchev–Trinajstić information content (AvgIpc) is 2.21. The molecule has 0 aromatic heterocycles. The summed E-state index contributed by atoms with van der Waals surface area (Å²) < 4.78 is 26.0. The lowest BCUT2D eigenvalue weighted by atomic mass is 10.2. The number of phenolic OH excluding ortho intramolecular Hbond substituents is 1. The van der Waals surface area contributed by atoms with Gasteiger partial charge >= 0.3 is 0 Å². The second-order valence-electron chi connectivity index (χ2n) is 2.77. The van der Waals surface area contributed by atoms with Crippen LogP contribution in [0.25, 0.3) is 0 Å². The Labute approximate surface area is 84.6 Å². The first-order valence-corrected chi connectivity index (χ1v) is 3.97. The lowest BCUT2D eigenvalue weighted by Gasteiger charge is -2.14. The first-order valence-electron chi connectivity index (χ1n) is 3.97. The van der Waals surface area contributed by atoms with Crippen molar-refractivity contribution in [3.8, 4) is 5.75 Å². The highest BCUT2D eigenvalue weighted by Crippen LogP contribution is 2.20. The van der Waals surface area contributed by atoms with Crippen molar-refractivity contribution >= 4 is 5.91 Å². The van der Waals surface area contributed by atoms with Crippen molar-refractivity contribution in [1.29, 1.82) is 0 Å². The van der Waals surface area contributed by atoms with Crippen LogP contribution in [0.4, 0.5) is 8.78 Å². The third-order valence-corrected chi connectivity index (χ3v) is 1.83. The Kier molecular flexibility index (Phi) is 3.21. The summed E-state index contributed by atoms with van der Waals surface area (Å²) in [7, 11) is 2.47. The van der Waals surface area contributed by atoms with Crippen LogP contribution in [0.15, 0.2) is 12.1 Å². The number of aromatic hydroxyl groups is 1. The number of hydrogen-bond donors (Lipinski definition) is 1. The molecule has 1 amide bonds. The predicted molar refractivity (Wildman–Crippen MR) is 47.1 cm³/mol. The van der Waals surface area contributed by atoms with Crippen molar-refractivity contribution in [2.24, 2.45) is 0 Å². The van der Waals surface area contributed by atoms with E-state index in [9.17, 15) is 13.6 Å². The van der Waals surface area contributed by atoms with Crippen LogP contribution in [0.3, 0.4) is 0 Å². The molecule has 0 bridgehead atoms. The summed E-state index contributed by atoms with van der Waals surface area (Å²) in [6, 6.07) is 1.15. The molecular weight excluding hydrogens is 208 g/mol. The van der Waals surface area contributed by atoms with Crippen molar-refractivity contribution in [2.45, 2.75) is 0 Å². The minimum absolute atomic E-state index is 0.505. The Hall–Kier alpha value is -1.69. The van der Waals surface area contributed by atoms with Crippen LogP contribution in [0, 0.1) is 11.6 Å². The van der Waals surface area contributed by atoms with Crippen molar-refractivity contribution in [2.75, 3.05) is 14.2 Å². The summed E-state index contributed by atoms with van der Waals surface area (Å²) >= 11 is 0. The zero-order valence-corrected chi connectivity index (χ0v) is 8.12. The van der Waals surface area contributed by atoms with Crippen LogP contribution >= 0.6 is 0 Å². The molecule has 0 fully saturated rings. The molecular formula is C9H9F2NO3. The number of rotatable bonds is 2. The van der Waals surface area contributed by atoms with E-state index in [1.807, 2.05) is 0 Å². The van der Waals surface area contributed by atoms with Crippen molar-refractivity contribution in [1.82, 2.24) is 5.06 Å². The maximum absolute atomic E-state index is 13.1. The van der Waals surface area contributed by atoms with E-state index in [0.717, 1.165) is 5.06 Å². The monoisotopic (exact) mass is 217 g/mol. The van der Waals surface area contributed by atoms with Gasteiger partial charge in [0.05, 0.1) is 12.7 Å². The molecule has 6 heteroatoms. The molecule has 1 aromatic rings. The molecule has 1 aromatic carbocycles. The molecule has 4 nitrogen and oxygen atoms in total. The summed E-state index contributed by atoms with van der Waals surface area (Å²) in [5.74, 6) is -3.76. The van der Waals surface area contributed by atoms with Crippen molar-refractivity contribution in [3.63, 3.8) is 0 Å². The molecule has 0 unspecified atom stereocenters. The Morgan fingerprint density at radius 2 is 2.00 bits per heavy atom. The number of benzene rings is 1. The highest BCUT2D eigenvalue weighted by molar-refractivity contribution is 5.93. The molecule has 82 valence electrons. The van der Waals surface area contributed by atoms with E-state index >= 15 is 0 Å². The second-order valence-corrected chi connectivity index (χ2v) is 2.77. The summed E-state index contributed by atoms with van der Waals surface area (Å²) in [4.78, 5) is 15.9. The van der Waals surface area contributed by atoms with Crippen LogP contribution < -0.4 is 0 Å². The first-order chi connectivity index (χ1) is 6.97. The molecule has 1 rings (SSSR count). The van der Waals surface area contributed by atoms with Crippen molar-refractivity contribution < 1.29 is 23.5 Å².